The van der Waals surface area contributed by atoms with Crippen LogP contribution in [-0.2, 0) is 4.74 Å². The summed E-state index contributed by atoms with van der Waals surface area (Å²) in [6.45, 7) is 9.98. The Balaban J connectivity index is 3.93. The van der Waals surface area contributed by atoms with Gasteiger partial charge in [0.25, 0.3) is 0 Å². The second-order valence-corrected chi connectivity index (χ2v) is 8.88. The number of methoxy groups -OCH3 is 1. The number of allylic oxidation sites excluding steroid dienone is 1. The van der Waals surface area contributed by atoms with Crippen LogP contribution in [0.1, 0.15) is 6.92 Å². The molecule has 0 N–H and O–H groups in total. The van der Waals surface area contributed by atoms with E-state index >= 15 is 0 Å². The molecule has 2 heteroatoms. The lowest BCUT2D eigenvalue weighted by Gasteiger charge is -2.16. The van der Waals surface area contributed by atoms with Crippen LogP contribution < -0.4 is 0 Å². The van der Waals surface area contributed by atoms with Crippen molar-refractivity contribution in [1.82, 2.24) is 0 Å². The van der Waals surface area contributed by atoms with Crippen LogP contribution in [0.5, 0.6) is 0 Å². The van der Waals surface area contributed by atoms with Crippen molar-refractivity contribution in [2.24, 2.45) is 0 Å². The molecule has 0 aliphatic heterocycles. The maximum absolute atomic E-state index is 4.95. The molecule has 0 unspecified atom stereocenters. The van der Waals surface area contributed by atoms with E-state index in [0.717, 1.165) is 6.61 Å². The lowest BCUT2D eigenvalue weighted by molar-refractivity contribution is 0.233. The number of hydrogen-bond acceptors (Lipinski definition) is 1. The fraction of sp³-hybridized carbons (Fsp3) is 0.750. The molecule has 0 saturated heterocycles. The highest BCUT2D eigenvalue weighted by Gasteiger charge is 2.14. The predicted octanol–water partition coefficient (Wildman–Crippen LogP) is 2.46. The molecule has 0 rings (SSSR count). The van der Waals surface area contributed by atoms with Crippen molar-refractivity contribution in [2.45, 2.75) is 26.6 Å². The van der Waals surface area contributed by atoms with Gasteiger partial charge in [-0.2, -0.15) is 0 Å². The van der Waals surface area contributed by atoms with Crippen molar-refractivity contribution in [1.29, 1.82) is 0 Å². The van der Waals surface area contributed by atoms with Gasteiger partial charge in [0.2, 0.25) is 0 Å². The zero-order valence-corrected chi connectivity index (χ0v) is 8.69. The van der Waals surface area contributed by atoms with E-state index in [4.69, 9.17) is 4.74 Å². The molecule has 0 amide bonds. The maximum Gasteiger partial charge on any atom is 0.0717 e. The van der Waals surface area contributed by atoms with Gasteiger partial charge < -0.3 is 4.74 Å². The van der Waals surface area contributed by atoms with E-state index in [1.807, 2.05) is 0 Å². The molecule has 0 heterocycles. The lowest BCUT2D eigenvalue weighted by atomic mass is 10.5. The highest BCUT2D eigenvalue weighted by molar-refractivity contribution is 6.82. The molecule has 0 aromatic rings. The minimum atomic E-state index is -1.02. The first-order valence-electron chi connectivity index (χ1n) is 3.64. The molecule has 0 aliphatic carbocycles. The van der Waals surface area contributed by atoms with Crippen molar-refractivity contribution in [3.05, 3.63) is 11.3 Å². The zero-order valence-electron chi connectivity index (χ0n) is 7.69. The minimum Gasteiger partial charge on any atom is -0.381 e. The molecule has 0 radical (unpaired) electrons. The standard InChI is InChI=1S/C8H18OSi/c1-8(6-7-9-2)10(3,4)5/h6H,7H2,1-5H3/b8-6+. The molecule has 60 valence electrons. The monoisotopic (exact) mass is 158 g/mol. The van der Waals surface area contributed by atoms with Gasteiger partial charge in [0.1, 0.15) is 0 Å². The summed E-state index contributed by atoms with van der Waals surface area (Å²) in [6.07, 6.45) is 2.19. The highest BCUT2D eigenvalue weighted by atomic mass is 28.3. The minimum absolute atomic E-state index is 0.760. The molecular weight excluding hydrogens is 140 g/mol. The fourth-order valence-corrected chi connectivity index (χ4v) is 1.21. The number of rotatable bonds is 3. The highest BCUT2D eigenvalue weighted by Crippen LogP contribution is 2.12. The molecule has 0 aliphatic rings. The van der Waals surface area contributed by atoms with Gasteiger partial charge in [-0.05, 0) is 6.92 Å². The topological polar surface area (TPSA) is 9.23 Å². The van der Waals surface area contributed by atoms with E-state index in [1.54, 1.807) is 7.11 Å². The first kappa shape index (κ1) is 9.92. The summed E-state index contributed by atoms with van der Waals surface area (Å²) in [5.74, 6) is 0. The van der Waals surface area contributed by atoms with Crippen LogP contribution in [0.3, 0.4) is 0 Å². The van der Waals surface area contributed by atoms with E-state index in [9.17, 15) is 0 Å². The Bertz CT molecular complexity index is 122. The molecule has 0 spiro atoms. The molecule has 0 saturated carbocycles. The normalized spacial score (nSPS) is 13.9. The number of hydrogen-bond donors (Lipinski definition) is 0. The van der Waals surface area contributed by atoms with E-state index in [1.165, 1.54) is 5.20 Å². The summed E-state index contributed by atoms with van der Waals surface area (Å²) < 4.78 is 4.95. The van der Waals surface area contributed by atoms with Crippen LogP contribution >= 0.6 is 0 Å². The maximum atomic E-state index is 4.95. The first-order valence-corrected chi connectivity index (χ1v) is 7.14. The van der Waals surface area contributed by atoms with Crippen LogP contribution in [-0.4, -0.2) is 21.8 Å². The zero-order chi connectivity index (χ0) is 8.20. The van der Waals surface area contributed by atoms with Gasteiger partial charge in [-0.15, -0.1) is 0 Å². The average Bonchev–Trinajstić information content (AvgIpc) is 1.80. The first-order chi connectivity index (χ1) is 4.48. The molecule has 0 aromatic carbocycles. The van der Waals surface area contributed by atoms with Crippen LogP contribution in [0.2, 0.25) is 19.6 Å². The molecule has 0 bridgehead atoms. The smallest absolute Gasteiger partial charge is 0.0717 e. The van der Waals surface area contributed by atoms with Crippen molar-refractivity contribution in [2.75, 3.05) is 13.7 Å². The Morgan fingerprint density at radius 2 is 1.90 bits per heavy atom. The van der Waals surface area contributed by atoms with Gasteiger partial charge in [-0.1, -0.05) is 30.9 Å². The van der Waals surface area contributed by atoms with E-state index in [-0.39, 0.29) is 0 Å². The van der Waals surface area contributed by atoms with Crippen molar-refractivity contribution >= 4 is 8.07 Å². The molecule has 0 aromatic heterocycles. The third kappa shape index (κ3) is 3.85. The third-order valence-electron chi connectivity index (χ3n) is 1.74. The van der Waals surface area contributed by atoms with Crippen molar-refractivity contribution in [3.63, 3.8) is 0 Å². The van der Waals surface area contributed by atoms with Crippen molar-refractivity contribution in [3.8, 4) is 0 Å². The van der Waals surface area contributed by atoms with Gasteiger partial charge >= 0.3 is 0 Å². The SMILES string of the molecule is COC/C=C(\C)[Si](C)(C)C. The average molecular weight is 158 g/mol. The summed E-state index contributed by atoms with van der Waals surface area (Å²) >= 11 is 0. The quantitative estimate of drug-likeness (QED) is 0.573. The second-order valence-electron chi connectivity index (χ2n) is 3.59. The summed E-state index contributed by atoms with van der Waals surface area (Å²) in [4.78, 5) is 0. The molecular formula is C8H18OSi. The van der Waals surface area contributed by atoms with Gasteiger partial charge in [-0.3, -0.25) is 0 Å². The Morgan fingerprint density at radius 3 is 2.20 bits per heavy atom. The van der Waals surface area contributed by atoms with Gasteiger partial charge in [0.05, 0.1) is 14.7 Å². The predicted molar refractivity (Wildman–Crippen MR) is 49.0 cm³/mol. The summed E-state index contributed by atoms with van der Waals surface area (Å²) in [7, 11) is 0.713. The Kier molecular flexibility index (Phi) is 3.90. The third-order valence-corrected chi connectivity index (χ3v) is 4.31. The fourth-order valence-electron chi connectivity index (χ4n) is 0.515. The van der Waals surface area contributed by atoms with Crippen LogP contribution in [0.15, 0.2) is 11.3 Å². The lowest BCUT2D eigenvalue weighted by Crippen LogP contribution is -2.22. The molecule has 10 heavy (non-hydrogen) atoms. The Labute approximate surface area is 65.1 Å². The van der Waals surface area contributed by atoms with Gasteiger partial charge in [-0.25, -0.2) is 0 Å². The van der Waals surface area contributed by atoms with Crippen LogP contribution in [0, 0.1) is 0 Å². The van der Waals surface area contributed by atoms with E-state index in [0.29, 0.717) is 0 Å². The van der Waals surface area contributed by atoms with Crippen LogP contribution in [0.25, 0.3) is 0 Å². The summed E-state index contributed by atoms with van der Waals surface area (Å²) in [5, 5.41) is 1.52. The molecule has 1 nitrogen and oxygen atoms in total. The summed E-state index contributed by atoms with van der Waals surface area (Å²) in [6, 6.07) is 0. The van der Waals surface area contributed by atoms with Crippen LogP contribution in [0.4, 0.5) is 0 Å². The Morgan fingerprint density at radius 1 is 1.40 bits per heavy atom. The second kappa shape index (κ2) is 3.94. The van der Waals surface area contributed by atoms with E-state index < -0.39 is 8.07 Å². The summed E-state index contributed by atoms with van der Waals surface area (Å²) in [5.41, 5.74) is 0. The van der Waals surface area contributed by atoms with Gasteiger partial charge in [0, 0.05) is 7.11 Å². The van der Waals surface area contributed by atoms with E-state index in [2.05, 4.69) is 32.6 Å². The van der Waals surface area contributed by atoms with Crippen molar-refractivity contribution < 1.29 is 4.74 Å². The largest absolute Gasteiger partial charge is 0.381 e. The molecule has 0 fully saturated rings. The Hall–Kier alpha value is -0.0831. The van der Waals surface area contributed by atoms with Gasteiger partial charge in [0.15, 0.2) is 0 Å². The molecule has 0 atom stereocenters. The number of ether oxygens (including phenoxy) is 1.